The molecule has 2 aliphatic rings. The van der Waals surface area contributed by atoms with Gasteiger partial charge >= 0.3 is 24.3 Å². The lowest BCUT2D eigenvalue weighted by Crippen LogP contribution is -2.68. The van der Waals surface area contributed by atoms with Crippen molar-refractivity contribution in [2.45, 2.75) is 57.2 Å². The molecule has 1 spiro atoms. The zero-order valence-corrected chi connectivity index (χ0v) is 19.9. The van der Waals surface area contributed by atoms with E-state index in [0.717, 1.165) is 51.3 Å². The minimum atomic E-state index is -5.08. The average Bonchev–Trinajstić information content (AvgIpc) is 3.26. The van der Waals surface area contributed by atoms with Crippen LogP contribution in [0.15, 0.2) is 22.8 Å². The number of furan rings is 1. The van der Waals surface area contributed by atoms with Crippen molar-refractivity contribution in [1.29, 1.82) is 0 Å². The standard InChI is InChI=1S/C17H27N3O2.2C2HF3O2/c1-14(2)20-11-10-18(3)17(16(20)21)6-8-19(9-7-17)13-15-5-4-12-22-15;2*3-2(4,5)1(6)7/h4-5,12,14H,6-11,13H2,1-3H3;2*(H,6,7). The normalized spacial score (nSPS) is 18.8. The number of carboxylic acids is 2. The second-order valence-electron chi connectivity index (χ2n) is 8.51. The molecule has 2 saturated heterocycles. The van der Waals surface area contributed by atoms with Crippen molar-refractivity contribution < 1.29 is 55.4 Å². The quantitative estimate of drug-likeness (QED) is 0.570. The Morgan fingerprint density at radius 3 is 1.83 bits per heavy atom. The van der Waals surface area contributed by atoms with E-state index in [4.69, 9.17) is 24.2 Å². The Morgan fingerprint density at radius 1 is 1.00 bits per heavy atom. The van der Waals surface area contributed by atoms with Crippen LogP contribution < -0.4 is 0 Å². The second-order valence-corrected chi connectivity index (χ2v) is 8.51. The number of nitrogens with zero attached hydrogens (tertiary/aromatic N) is 3. The molecule has 9 nitrogen and oxygen atoms in total. The summed E-state index contributed by atoms with van der Waals surface area (Å²) in [4.78, 5) is 37.6. The minimum Gasteiger partial charge on any atom is -0.475 e. The number of carboxylic acid groups (broad SMARTS) is 2. The van der Waals surface area contributed by atoms with Crippen molar-refractivity contribution in [3.63, 3.8) is 0 Å². The Hall–Kier alpha value is -2.81. The Balaban J connectivity index is 0.000000383. The number of likely N-dealkylation sites (N-methyl/N-ethyl adjacent to an activating group) is 1. The van der Waals surface area contributed by atoms with Gasteiger partial charge in [-0.2, -0.15) is 26.3 Å². The summed E-state index contributed by atoms with van der Waals surface area (Å²) in [7, 11) is 2.11. The van der Waals surface area contributed by atoms with E-state index < -0.39 is 24.3 Å². The summed E-state index contributed by atoms with van der Waals surface area (Å²) < 4.78 is 68.9. The first-order chi connectivity index (χ1) is 16.4. The van der Waals surface area contributed by atoms with Crippen LogP contribution in [0.3, 0.4) is 0 Å². The van der Waals surface area contributed by atoms with Crippen LogP contribution in [0, 0.1) is 0 Å². The summed E-state index contributed by atoms with van der Waals surface area (Å²) >= 11 is 0. The van der Waals surface area contributed by atoms with Gasteiger partial charge in [0.25, 0.3) is 0 Å². The number of carbonyl (C=O) groups excluding carboxylic acids is 1. The largest absolute Gasteiger partial charge is 0.490 e. The highest BCUT2D eigenvalue weighted by molar-refractivity contribution is 5.87. The van der Waals surface area contributed by atoms with Crippen molar-refractivity contribution in [1.82, 2.24) is 14.7 Å². The van der Waals surface area contributed by atoms with Crippen LogP contribution in [0.1, 0.15) is 32.4 Å². The molecule has 0 radical (unpaired) electrons. The lowest BCUT2D eigenvalue weighted by molar-refractivity contribution is -0.193. The van der Waals surface area contributed by atoms with Crippen LogP contribution in [-0.2, 0) is 20.9 Å². The maximum absolute atomic E-state index is 13.0. The number of hydrogen-bond acceptors (Lipinski definition) is 6. The third-order valence-corrected chi connectivity index (χ3v) is 5.82. The summed E-state index contributed by atoms with van der Waals surface area (Å²) in [5.41, 5.74) is -0.289. The van der Waals surface area contributed by atoms with Crippen LogP contribution >= 0.6 is 0 Å². The fourth-order valence-corrected chi connectivity index (χ4v) is 3.80. The number of halogens is 6. The van der Waals surface area contributed by atoms with E-state index in [2.05, 4.69) is 35.6 Å². The minimum absolute atomic E-state index is 0.289. The van der Waals surface area contributed by atoms with Gasteiger partial charge in [-0.1, -0.05) is 0 Å². The lowest BCUT2D eigenvalue weighted by atomic mass is 9.82. The number of amides is 1. The van der Waals surface area contributed by atoms with Gasteiger partial charge in [-0.3, -0.25) is 14.6 Å². The molecule has 0 bridgehead atoms. The third kappa shape index (κ3) is 8.69. The zero-order chi connectivity index (χ0) is 27.9. The fraction of sp³-hybridized carbons (Fsp3) is 0.667. The van der Waals surface area contributed by atoms with Gasteiger partial charge in [-0.05, 0) is 45.9 Å². The van der Waals surface area contributed by atoms with Gasteiger partial charge in [-0.15, -0.1) is 0 Å². The number of rotatable bonds is 3. The summed E-state index contributed by atoms with van der Waals surface area (Å²) in [5, 5.41) is 14.2. The monoisotopic (exact) mass is 533 g/mol. The highest BCUT2D eigenvalue weighted by atomic mass is 19.4. The molecule has 1 aromatic heterocycles. The molecular weight excluding hydrogens is 504 g/mol. The molecule has 1 amide bonds. The third-order valence-electron chi connectivity index (χ3n) is 5.82. The van der Waals surface area contributed by atoms with Crippen LogP contribution in [0.5, 0.6) is 0 Å². The van der Waals surface area contributed by atoms with E-state index in [0.29, 0.717) is 11.9 Å². The molecule has 2 fully saturated rings. The molecule has 206 valence electrons. The number of likely N-dealkylation sites (tertiary alicyclic amines) is 1. The van der Waals surface area contributed by atoms with Crippen molar-refractivity contribution in [2.24, 2.45) is 0 Å². The summed E-state index contributed by atoms with van der Waals surface area (Å²) in [6.07, 6.45) is -6.63. The Bertz CT molecular complexity index is 840. The van der Waals surface area contributed by atoms with E-state index in [9.17, 15) is 31.1 Å². The molecule has 2 aliphatic heterocycles. The van der Waals surface area contributed by atoms with Gasteiger partial charge in [-0.25, -0.2) is 9.59 Å². The fourth-order valence-electron chi connectivity index (χ4n) is 3.80. The second kappa shape index (κ2) is 12.4. The number of aliphatic carboxylic acids is 2. The van der Waals surface area contributed by atoms with Crippen LogP contribution in [-0.4, -0.2) is 99.9 Å². The molecule has 1 aromatic rings. The molecule has 2 N–H and O–H groups in total. The van der Waals surface area contributed by atoms with Gasteiger partial charge in [0.1, 0.15) is 11.3 Å². The molecule has 3 rings (SSSR count). The van der Waals surface area contributed by atoms with Crippen LogP contribution in [0.4, 0.5) is 26.3 Å². The summed E-state index contributed by atoms with van der Waals surface area (Å²) in [6, 6.07) is 4.24. The van der Waals surface area contributed by atoms with E-state index in [1.54, 1.807) is 6.26 Å². The highest BCUT2D eigenvalue weighted by Gasteiger charge is 2.49. The smallest absolute Gasteiger partial charge is 0.475 e. The zero-order valence-electron chi connectivity index (χ0n) is 19.9. The molecular formula is C21H29F6N3O6. The summed E-state index contributed by atoms with van der Waals surface area (Å²) in [5.74, 6) is -4.18. The summed E-state index contributed by atoms with van der Waals surface area (Å²) in [6.45, 7) is 8.79. The van der Waals surface area contributed by atoms with Gasteiger partial charge in [0.05, 0.1) is 12.8 Å². The van der Waals surface area contributed by atoms with E-state index in [1.807, 2.05) is 12.1 Å². The molecule has 0 unspecified atom stereocenters. The first-order valence-corrected chi connectivity index (χ1v) is 10.8. The molecule has 0 saturated carbocycles. The molecule has 0 aromatic carbocycles. The van der Waals surface area contributed by atoms with E-state index in [-0.39, 0.29) is 5.54 Å². The van der Waals surface area contributed by atoms with Crippen molar-refractivity contribution in [2.75, 3.05) is 33.2 Å². The van der Waals surface area contributed by atoms with Gasteiger partial charge < -0.3 is 19.5 Å². The molecule has 0 aliphatic carbocycles. The van der Waals surface area contributed by atoms with Gasteiger partial charge in [0, 0.05) is 32.2 Å². The van der Waals surface area contributed by atoms with Gasteiger partial charge in [0.15, 0.2) is 0 Å². The predicted octanol–water partition coefficient (Wildman–Crippen LogP) is 3.06. The first-order valence-electron chi connectivity index (χ1n) is 10.8. The Kier molecular flexibility index (Phi) is 10.8. The lowest BCUT2D eigenvalue weighted by Gasteiger charge is -2.52. The maximum Gasteiger partial charge on any atom is 0.490 e. The Morgan fingerprint density at radius 2 is 1.47 bits per heavy atom. The highest BCUT2D eigenvalue weighted by Crippen LogP contribution is 2.34. The number of hydrogen-bond donors (Lipinski definition) is 2. The average molecular weight is 533 g/mol. The number of piperidine rings is 1. The SMILES string of the molecule is CC(C)N1CCN(C)C2(CCN(Cc3ccco3)CC2)C1=O.O=C(O)C(F)(F)F.O=C(O)C(F)(F)F. The van der Waals surface area contributed by atoms with Crippen LogP contribution in [0.2, 0.25) is 0 Å². The predicted molar refractivity (Wildman–Crippen MR) is 113 cm³/mol. The topological polar surface area (TPSA) is 115 Å². The van der Waals surface area contributed by atoms with E-state index in [1.165, 1.54) is 0 Å². The molecule has 0 atom stereocenters. The van der Waals surface area contributed by atoms with Crippen molar-refractivity contribution in [3.8, 4) is 0 Å². The van der Waals surface area contributed by atoms with E-state index >= 15 is 0 Å². The number of alkyl halides is 6. The van der Waals surface area contributed by atoms with Crippen molar-refractivity contribution in [3.05, 3.63) is 24.2 Å². The first kappa shape index (κ1) is 31.2. The molecule has 3 heterocycles. The van der Waals surface area contributed by atoms with Crippen molar-refractivity contribution >= 4 is 17.8 Å². The maximum atomic E-state index is 13.0. The number of carbonyl (C=O) groups is 3. The molecule has 15 heteroatoms. The Labute approximate surface area is 203 Å². The number of piperazine rings is 1. The van der Waals surface area contributed by atoms with Gasteiger partial charge in [0.2, 0.25) is 5.91 Å². The molecule has 36 heavy (non-hydrogen) atoms. The van der Waals surface area contributed by atoms with Crippen LogP contribution in [0.25, 0.3) is 0 Å².